The zero-order valence-electron chi connectivity index (χ0n) is 31.6. The van der Waals surface area contributed by atoms with Crippen molar-refractivity contribution in [2.75, 3.05) is 4.90 Å². The van der Waals surface area contributed by atoms with E-state index in [1.165, 1.54) is 95.0 Å². The number of hydrogen-bond donors (Lipinski definition) is 0. The molecule has 0 aliphatic heterocycles. The molecule has 0 saturated heterocycles. The maximum atomic E-state index is 2.54. The highest BCUT2D eigenvalue weighted by Crippen LogP contribution is 2.65. The molecule has 1 heteroatoms. The van der Waals surface area contributed by atoms with Crippen molar-refractivity contribution in [1.82, 2.24) is 0 Å². The van der Waals surface area contributed by atoms with Gasteiger partial charge < -0.3 is 4.90 Å². The van der Waals surface area contributed by atoms with Crippen LogP contribution in [0.1, 0.15) is 60.1 Å². The van der Waals surface area contributed by atoms with Crippen LogP contribution in [0.5, 0.6) is 0 Å². The van der Waals surface area contributed by atoms with E-state index in [4.69, 9.17) is 0 Å². The fraction of sp³-hybridized carbons (Fsp3) is 0.132. The molecule has 2 aliphatic carbocycles. The van der Waals surface area contributed by atoms with Gasteiger partial charge in [-0.3, -0.25) is 0 Å². The molecule has 1 unspecified atom stereocenters. The van der Waals surface area contributed by atoms with E-state index in [0.29, 0.717) is 0 Å². The minimum Gasteiger partial charge on any atom is -0.309 e. The van der Waals surface area contributed by atoms with Crippen LogP contribution in [0, 0.1) is 13.8 Å². The predicted octanol–water partition coefficient (Wildman–Crippen LogP) is 14.6. The normalized spacial score (nSPS) is 15.5. The van der Waals surface area contributed by atoms with Crippen molar-refractivity contribution in [1.29, 1.82) is 0 Å². The summed E-state index contributed by atoms with van der Waals surface area (Å²) in [6, 6.07) is 60.8. The first-order valence-corrected chi connectivity index (χ1v) is 19.4. The quantitative estimate of drug-likeness (QED) is 0.153. The second kappa shape index (κ2) is 13.7. The lowest BCUT2D eigenvalue weighted by atomic mass is 9.68. The molecule has 2 aliphatic rings. The Morgan fingerprint density at radius 1 is 0.500 bits per heavy atom. The van der Waals surface area contributed by atoms with E-state index in [-0.39, 0.29) is 5.41 Å². The summed E-state index contributed by atoms with van der Waals surface area (Å²) >= 11 is 0. The number of hydrogen-bond acceptors (Lipinski definition) is 1. The van der Waals surface area contributed by atoms with Crippen molar-refractivity contribution in [2.45, 2.75) is 46.0 Å². The molecule has 0 fully saturated rings. The highest BCUT2D eigenvalue weighted by atomic mass is 15.1. The number of allylic oxidation sites excluding steroid dienone is 4. The van der Waals surface area contributed by atoms with Gasteiger partial charge in [-0.25, -0.2) is 0 Å². The Kier molecular flexibility index (Phi) is 8.51. The molecular formula is C53H45N. The van der Waals surface area contributed by atoms with Crippen LogP contribution in [0.3, 0.4) is 0 Å². The number of rotatable bonds is 8. The summed E-state index contributed by atoms with van der Waals surface area (Å²) in [6.45, 7) is 8.99. The maximum absolute atomic E-state index is 2.54. The van der Waals surface area contributed by atoms with E-state index < -0.39 is 0 Å². The van der Waals surface area contributed by atoms with E-state index in [1.807, 2.05) is 0 Å². The van der Waals surface area contributed by atoms with E-state index in [9.17, 15) is 0 Å². The smallest absolute Gasteiger partial charge is 0.0689 e. The Hall–Kier alpha value is -6.18. The summed E-state index contributed by atoms with van der Waals surface area (Å²) in [5, 5.41) is 0. The second-order valence-electron chi connectivity index (χ2n) is 14.8. The van der Waals surface area contributed by atoms with E-state index in [1.54, 1.807) is 0 Å². The predicted molar refractivity (Wildman–Crippen MR) is 230 cm³/mol. The second-order valence-corrected chi connectivity index (χ2v) is 14.8. The van der Waals surface area contributed by atoms with Gasteiger partial charge in [-0.05, 0) is 130 Å². The standard InChI is InChI=1S/C53H45N/c1-5-18-42-43-24-13-15-26-46(43)53(45(42)19-6-2)47-27-16-14-25-44(47)52-48(53)28-17-29-51(52)54(49-32-30-40(34-36(49)3)38-20-9-7-10-21-38)50-33-31-41(35-37(50)4)39-22-11-8-12-23-39/h5,7-18,20-35H,6,19H2,1-4H3/b18-5-. The zero-order valence-corrected chi connectivity index (χ0v) is 31.6. The summed E-state index contributed by atoms with van der Waals surface area (Å²) in [6.07, 6.45) is 6.67. The number of nitrogens with zero attached hydrogens (tertiary/aromatic N) is 1. The van der Waals surface area contributed by atoms with Gasteiger partial charge in [0.15, 0.2) is 0 Å². The van der Waals surface area contributed by atoms with Crippen LogP contribution in [0.15, 0.2) is 182 Å². The van der Waals surface area contributed by atoms with Gasteiger partial charge in [0.25, 0.3) is 0 Å². The topological polar surface area (TPSA) is 3.24 Å². The molecule has 9 rings (SSSR count). The third-order valence-corrected chi connectivity index (χ3v) is 11.6. The first-order valence-electron chi connectivity index (χ1n) is 19.4. The van der Waals surface area contributed by atoms with Crippen LogP contribution in [0.25, 0.3) is 39.0 Å². The molecule has 0 bridgehead atoms. The number of aryl methyl sites for hydroxylation is 2. The highest BCUT2D eigenvalue weighted by molar-refractivity contribution is 6.02. The summed E-state index contributed by atoms with van der Waals surface area (Å²) in [7, 11) is 0. The average molecular weight is 696 g/mol. The van der Waals surface area contributed by atoms with Crippen LogP contribution in [-0.2, 0) is 5.41 Å². The van der Waals surface area contributed by atoms with Crippen LogP contribution in [-0.4, -0.2) is 0 Å². The van der Waals surface area contributed by atoms with Crippen LogP contribution in [0.4, 0.5) is 17.1 Å². The summed E-state index contributed by atoms with van der Waals surface area (Å²) < 4.78 is 0. The molecule has 0 N–H and O–H groups in total. The Morgan fingerprint density at radius 2 is 1.02 bits per heavy atom. The average Bonchev–Trinajstić information content (AvgIpc) is 3.67. The monoisotopic (exact) mass is 695 g/mol. The van der Waals surface area contributed by atoms with Gasteiger partial charge in [0.05, 0.1) is 11.1 Å². The summed E-state index contributed by atoms with van der Waals surface area (Å²) in [5.74, 6) is 0. The highest BCUT2D eigenvalue weighted by Gasteiger charge is 2.52. The Labute approximate surface area is 320 Å². The molecule has 7 aromatic rings. The van der Waals surface area contributed by atoms with E-state index in [2.05, 4.69) is 209 Å². The van der Waals surface area contributed by atoms with Gasteiger partial charge in [0.2, 0.25) is 0 Å². The number of fused-ring (bicyclic) bond motifs is 7. The minimum absolute atomic E-state index is 0.368. The Bertz CT molecular complexity index is 2500. The van der Waals surface area contributed by atoms with Crippen molar-refractivity contribution in [3.8, 4) is 33.4 Å². The lowest BCUT2D eigenvalue weighted by molar-refractivity contribution is 0.704. The van der Waals surface area contributed by atoms with Crippen molar-refractivity contribution in [3.63, 3.8) is 0 Å². The van der Waals surface area contributed by atoms with Gasteiger partial charge in [-0.2, -0.15) is 0 Å². The lowest BCUT2D eigenvalue weighted by Crippen LogP contribution is -2.27. The molecule has 1 nitrogen and oxygen atoms in total. The number of anilines is 3. The van der Waals surface area contributed by atoms with Crippen molar-refractivity contribution in [3.05, 3.63) is 215 Å². The third kappa shape index (κ3) is 5.14. The number of benzene rings is 7. The fourth-order valence-corrected chi connectivity index (χ4v) is 9.43. The molecule has 0 saturated carbocycles. The largest absolute Gasteiger partial charge is 0.309 e. The third-order valence-electron chi connectivity index (χ3n) is 11.6. The Balaban J connectivity index is 1.33. The molecule has 0 amide bonds. The SMILES string of the molecule is C/C=C\C1=C(CCC)C2(c3ccccc31)c1ccccc1-c1c(N(c3ccc(-c4ccccc4)cc3C)c3ccc(-c4ccccc4)cc3C)cccc12. The van der Waals surface area contributed by atoms with Crippen molar-refractivity contribution in [2.24, 2.45) is 0 Å². The molecule has 0 heterocycles. The molecule has 0 radical (unpaired) electrons. The fourth-order valence-electron chi connectivity index (χ4n) is 9.43. The molecule has 1 atom stereocenters. The summed E-state index contributed by atoms with van der Waals surface area (Å²) in [4.78, 5) is 2.54. The van der Waals surface area contributed by atoms with Crippen LogP contribution < -0.4 is 4.90 Å². The summed E-state index contributed by atoms with van der Waals surface area (Å²) in [5.41, 5.74) is 21.6. The molecule has 262 valence electrons. The zero-order chi connectivity index (χ0) is 36.8. The van der Waals surface area contributed by atoms with Crippen molar-refractivity contribution < 1.29 is 0 Å². The van der Waals surface area contributed by atoms with Gasteiger partial charge in [0.1, 0.15) is 0 Å². The Morgan fingerprint density at radius 3 is 1.57 bits per heavy atom. The molecule has 54 heavy (non-hydrogen) atoms. The van der Waals surface area contributed by atoms with Crippen LogP contribution >= 0.6 is 0 Å². The first-order chi connectivity index (χ1) is 26.6. The first kappa shape index (κ1) is 33.6. The van der Waals surface area contributed by atoms with Gasteiger partial charge in [-0.1, -0.05) is 159 Å². The van der Waals surface area contributed by atoms with E-state index >= 15 is 0 Å². The van der Waals surface area contributed by atoms with Crippen LogP contribution in [0.2, 0.25) is 0 Å². The van der Waals surface area contributed by atoms with Gasteiger partial charge >= 0.3 is 0 Å². The van der Waals surface area contributed by atoms with Gasteiger partial charge in [0, 0.05) is 16.9 Å². The van der Waals surface area contributed by atoms with E-state index in [0.717, 1.165) is 12.8 Å². The lowest BCUT2D eigenvalue weighted by Gasteiger charge is -2.34. The molecule has 0 aromatic heterocycles. The maximum Gasteiger partial charge on any atom is 0.0689 e. The molecular weight excluding hydrogens is 651 g/mol. The minimum atomic E-state index is -0.368. The van der Waals surface area contributed by atoms with Crippen molar-refractivity contribution >= 4 is 22.6 Å². The molecule has 1 spiro atoms. The molecule has 7 aromatic carbocycles. The van der Waals surface area contributed by atoms with Gasteiger partial charge in [-0.15, -0.1) is 0 Å².